The third-order valence-corrected chi connectivity index (χ3v) is 1.59. The number of hydrogen-bond donors (Lipinski definition) is 3. The van der Waals surface area contributed by atoms with E-state index >= 15 is 0 Å². The minimum Gasteiger partial charge on any atom is -0.384 e. The van der Waals surface area contributed by atoms with Gasteiger partial charge in [0.25, 0.3) is 0 Å². The standard InChI is InChI=1S/C7H13N5/c1-4-5(9-2)6(10-3)12-7(8)11-4/h9H,1-3H3,(H3,8,10,11,12). The molecule has 5 nitrogen and oxygen atoms in total. The molecule has 12 heavy (non-hydrogen) atoms. The molecule has 0 aliphatic heterocycles. The van der Waals surface area contributed by atoms with E-state index in [0.29, 0.717) is 0 Å². The molecule has 1 aromatic heterocycles. The van der Waals surface area contributed by atoms with E-state index in [1.54, 1.807) is 7.05 Å². The lowest BCUT2D eigenvalue weighted by molar-refractivity contribution is 1.11. The Morgan fingerprint density at radius 3 is 2.33 bits per heavy atom. The highest BCUT2D eigenvalue weighted by Gasteiger charge is 2.06. The Bertz CT molecular complexity index is 283. The molecule has 5 heteroatoms. The molecule has 0 saturated carbocycles. The molecule has 0 bridgehead atoms. The first kappa shape index (κ1) is 8.58. The van der Waals surface area contributed by atoms with Crippen LogP contribution in [0.15, 0.2) is 0 Å². The third kappa shape index (κ3) is 1.39. The summed E-state index contributed by atoms with van der Waals surface area (Å²) < 4.78 is 0. The lowest BCUT2D eigenvalue weighted by Crippen LogP contribution is -2.06. The van der Waals surface area contributed by atoms with Crippen LogP contribution in [0, 0.1) is 6.92 Å². The van der Waals surface area contributed by atoms with E-state index in [4.69, 9.17) is 5.73 Å². The van der Waals surface area contributed by atoms with Gasteiger partial charge in [-0.15, -0.1) is 0 Å². The predicted molar refractivity (Wildman–Crippen MR) is 50.3 cm³/mol. The average Bonchev–Trinajstić information content (AvgIpc) is 2.03. The zero-order valence-corrected chi connectivity index (χ0v) is 7.47. The van der Waals surface area contributed by atoms with Gasteiger partial charge in [0.2, 0.25) is 5.95 Å². The fraction of sp³-hybridized carbons (Fsp3) is 0.429. The van der Waals surface area contributed by atoms with Gasteiger partial charge in [-0.25, -0.2) is 4.98 Å². The van der Waals surface area contributed by atoms with Crippen LogP contribution >= 0.6 is 0 Å². The van der Waals surface area contributed by atoms with Gasteiger partial charge in [-0.2, -0.15) is 4.98 Å². The maximum absolute atomic E-state index is 5.47. The van der Waals surface area contributed by atoms with Crippen molar-refractivity contribution >= 4 is 17.5 Å². The Kier molecular flexibility index (Phi) is 2.32. The van der Waals surface area contributed by atoms with Crippen molar-refractivity contribution in [2.75, 3.05) is 30.5 Å². The smallest absolute Gasteiger partial charge is 0.222 e. The highest BCUT2D eigenvalue weighted by molar-refractivity contribution is 5.67. The number of hydrogen-bond acceptors (Lipinski definition) is 5. The molecule has 4 N–H and O–H groups in total. The molecule has 0 aromatic carbocycles. The topological polar surface area (TPSA) is 75.9 Å². The predicted octanol–water partition coefficient (Wildman–Crippen LogP) is 0.451. The van der Waals surface area contributed by atoms with Crippen molar-refractivity contribution in [1.82, 2.24) is 9.97 Å². The Morgan fingerprint density at radius 1 is 1.17 bits per heavy atom. The number of nitrogens with one attached hydrogen (secondary N) is 2. The Morgan fingerprint density at radius 2 is 1.83 bits per heavy atom. The van der Waals surface area contributed by atoms with Gasteiger partial charge in [0.1, 0.15) is 0 Å². The first-order valence-electron chi connectivity index (χ1n) is 3.68. The van der Waals surface area contributed by atoms with Crippen LogP contribution in [0.5, 0.6) is 0 Å². The molecule has 0 amide bonds. The Labute approximate surface area is 71.4 Å². The van der Waals surface area contributed by atoms with E-state index in [2.05, 4.69) is 20.6 Å². The van der Waals surface area contributed by atoms with Gasteiger partial charge in [0, 0.05) is 14.1 Å². The molecule has 0 aliphatic rings. The molecule has 0 atom stereocenters. The summed E-state index contributed by atoms with van der Waals surface area (Å²) in [4.78, 5) is 8.03. The normalized spacial score (nSPS) is 9.58. The lowest BCUT2D eigenvalue weighted by Gasteiger charge is -2.09. The number of aromatic nitrogens is 2. The number of nitrogens with two attached hydrogens (primary N) is 1. The summed E-state index contributed by atoms with van der Waals surface area (Å²) in [5.41, 5.74) is 7.19. The van der Waals surface area contributed by atoms with Crippen molar-refractivity contribution in [3.8, 4) is 0 Å². The molecule has 1 aromatic rings. The molecular formula is C7H13N5. The van der Waals surface area contributed by atoms with Crippen molar-refractivity contribution < 1.29 is 0 Å². The first-order valence-corrected chi connectivity index (χ1v) is 3.68. The van der Waals surface area contributed by atoms with E-state index in [1.165, 1.54) is 0 Å². The number of anilines is 3. The summed E-state index contributed by atoms with van der Waals surface area (Å²) in [5.74, 6) is 1.01. The molecule has 66 valence electrons. The van der Waals surface area contributed by atoms with Crippen LogP contribution in [0.25, 0.3) is 0 Å². The average molecular weight is 167 g/mol. The van der Waals surface area contributed by atoms with E-state index in [-0.39, 0.29) is 5.95 Å². The molecule has 0 radical (unpaired) electrons. The zero-order valence-electron chi connectivity index (χ0n) is 7.47. The van der Waals surface area contributed by atoms with Crippen molar-refractivity contribution in [3.05, 3.63) is 5.69 Å². The van der Waals surface area contributed by atoms with Gasteiger partial charge in [-0.05, 0) is 6.92 Å². The second-order valence-electron chi connectivity index (χ2n) is 2.39. The largest absolute Gasteiger partial charge is 0.384 e. The third-order valence-electron chi connectivity index (χ3n) is 1.59. The van der Waals surface area contributed by atoms with Crippen LogP contribution < -0.4 is 16.4 Å². The first-order chi connectivity index (χ1) is 5.69. The summed E-state index contributed by atoms with van der Waals surface area (Å²) >= 11 is 0. The van der Waals surface area contributed by atoms with E-state index in [0.717, 1.165) is 17.2 Å². The molecule has 0 unspecified atom stereocenters. The molecule has 0 aliphatic carbocycles. The van der Waals surface area contributed by atoms with Crippen LogP contribution in [0.4, 0.5) is 17.5 Å². The maximum atomic E-state index is 5.47. The van der Waals surface area contributed by atoms with Crippen molar-refractivity contribution in [2.45, 2.75) is 6.92 Å². The Balaban J connectivity index is 3.24. The summed E-state index contributed by atoms with van der Waals surface area (Å²) in [6.45, 7) is 1.88. The van der Waals surface area contributed by atoms with Gasteiger partial charge >= 0.3 is 0 Å². The van der Waals surface area contributed by atoms with Gasteiger partial charge in [0.05, 0.1) is 11.4 Å². The minimum atomic E-state index is 0.288. The minimum absolute atomic E-state index is 0.288. The van der Waals surface area contributed by atoms with Crippen molar-refractivity contribution in [1.29, 1.82) is 0 Å². The number of nitrogen functional groups attached to an aromatic ring is 1. The van der Waals surface area contributed by atoms with Gasteiger partial charge in [-0.1, -0.05) is 0 Å². The number of rotatable bonds is 2. The van der Waals surface area contributed by atoms with E-state index < -0.39 is 0 Å². The number of aryl methyl sites for hydroxylation is 1. The van der Waals surface area contributed by atoms with E-state index in [9.17, 15) is 0 Å². The molecule has 1 heterocycles. The van der Waals surface area contributed by atoms with Gasteiger partial charge in [-0.3, -0.25) is 0 Å². The van der Waals surface area contributed by atoms with Gasteiger partial charge in [0.15, 0.2) is 5.82 Å². The van der Waals surface area contributed by atoms with Gasteiger partial charge < -0.3 is 16.4 Å². The monoisotopic (exact) mass is 167 g/mol. The van der Waals surface area contributed by atoms with Crippen LogP contribution in [-0.4, -0.2) is 24.1 Å². The molecular weight excluding hydrogens is 154 g/mol. The van der Waals surface area contributed by atoms with Crippen LogP contribution in [0.3, 0.4) is 0 Å². The quantitative estimate of drug-likeness (QED) is 0.596. The SMILES string of the molecule is CNc1nc(N)nc(C)c1NC. The fourth-order valence-electron chi connectivity index (χ4n) is 1.07. The lowest BCUT2D eigenvalue weighted by atomic mass is 10.3. The van der Waals surface area contributed by atoms with Crippen molar-refractivity contribution in [3.63, 3.8) is 0 Å². The molecule has 0 saturated heterocycles. The van der Waals surface area contributed by atoms with Crippen LogP contribution in [-0.2, 0) is 0 Å². The second kappa shape index (κ2) is 3.25. The molecule has 0 spiro atoms. The molecule has 1 rings (SSSR count). The molecule has 0 fully saturated rings. The van der Waals surface area contributed by atoms with Crippen LogP contribution in [0.2, 0.25) is 0 Å². The summed E-state index contributed by atoms with van der Waals surface area (Å²) in [6, 6.07) is 0. The van der Waals surface area contributed by atoms with E-state index in [1.807, 2.05) is 14.0 Å². The van der Waals surface area contributed by atoms with Crippen molar-refractivity contribution in [2.24, 2.45) is 0 Å². The highest BCUT2D eigenvalue weighted by atomic mass is 15.1. The zero-order chi connectivity index (χ0) is 9.14. The second-order valence-corrected chi connectivity index (χ2v) is 2.39. The number of nitrogens with zero attached hydrogens (tertiary/aromatic N) is 2. The highest BCUT2D eigenvalue weighted by Crippen LogP contribution is 2.21. The maximum Gasteiger partial charge on any atom is 0.222 e. The summed E-state index contributed by atoms with van der Waals surface area (Å²) in [6.07, 6.45) is 0. The summed E-state index contributed by atoms with van der Waals surface area (Å²) in [7, 11) is 3.62. The van der Waals surface area contributed by atoms with Crippen LogP contribution in [0.1, 0.15) is 5.69 Å². The fourth-order valence-corrected chi connectivity index (χ4v) is 1.07. The Hall–Kier alpha value is -1.52. The summed E-state index contributed by atoms with van der Waals surface area (Å²) in [5, 5.41) is 5.93.